The Morgan fingerprint density at radius 2 is 2.71 bits per heavy atom. The molecule has 7 heavy (non-hydrogen) atoms. The third-order valence-electron chi connectivity index (χ3n) is 1.50. The fourth-order valence-electron chi connectivity index (χ4n) is 0.916. The minimum absolute atomic E-state index is 0. The zero-order valence-electron chi connectivity index (χ0n) is 4.48. The number of nitrogens with two attached hydrogens (primary N) is 1. The van der Waals surface area contributed by atoms with Gasteiger partial charge < -0.3 is 11.1 Å². The summed E-state index contributed by atoms with van der Waals surface area (Å²) < 4.78 is 0. The molecular formula is C5H14N2. The van der Waals surface area contributed by atoms with Crippen molar-refractivity contribution in [3.63, 3.8) is 0 Å². The van der Waals surface area contributed by atoms with Gasteiger partial charge in [0.25, 0.3) is 0 Å². The van der Waals surface area contributed by atoms with Crippen LogP contribution in [0.4, 0.5) is 0 Å². The minimum Gasteiger partial charge on any atom is -0.330 e. The SMILES string of the molecule is NC[C@H]1CCNC1.[HH]. The zero-order chi connectivity index (χ0) is 5.11. The first kappa shape index (κ1) is 5.06. The Morgan fingerprint density at radius 1 is 1.86 bits per heavy atom. The summed E-state index contributed by atoms with van der Waals surface area (Å²) >= 11 is 0. The molecule has 1 heterocycles. The molecule has 0 amide bonds. The van der Waals surface area contributed by atoms with Gasteiger partial charge in [0.1, 0.15) is 0 Å². The first-order chi connectivity index (χ1) is 3.43. The maximum Gasteiger partial charge on any atom is 0 e. The number of nitrogens with one attached hydrogen (secondary N) is 1. The molecule has 1 saturated heterocycles. The van der Waals surface area contributed by atoms with Crippen LogP contribution in [0.25, 0.3) is 0 Å². The Hall–Kier alpha value is -0.0800. The molecule has 0 unspecified atom stereocenters. The van der Waals surface area contributed by atoms with E-state index in [1.807, 2.05) is 0 Å². The molecule has 0 spiro atoms. The highest BCUT2D eigenvalue weighted by molar-refractivity contribution is 4.70. The second-order valence-corrected chi connectivity index (χ2v) is 2.09. The lowest BCUT2D eigenvalue weighted by atomic mass is 10.1. The Kier molecular flexibility index (Phi) is 1.65. The lowest BCUT2D eigenvalue weighted by molar-refractivity contribution is 0.596. The molecule has 0 aromatic carbocycles. The first-order valence-electron chi connectivity index (χ1n) is 2.84. The van der Waals surface area contributed by atoms with Crippen LogP contribution in [0.5, 0.6) is 0 Å². The van der Waals surface area contributed by atoms with Crippen molar-refractivity contribution in [1.82, 2.24) is 5.32 Å². The van der Waals surface area contributed by atoms with Gasteiger partial charge in [-0.3, -0.25) is 0 Å². The summed E-state index contributed by atoms with van der Waals surface area (Å²) in [6, 6.07) is 0. The average molecular weight is 102 g/mol. The quantitative estimate of drug-likeness (QED) is 0.481. The molecule has 44 valence electrons. The van der Waals surface area contributed by atoms with Crippen molar-refractivity contribution < 1.29 is 1.43 Å². The highest BCUT2D eigenvalue weighted by Crippen LogP contribution is 2.02. The van der Waals surface area contributed by atoms with Crippen molar-refractivity contribution in [2.24, 2.45) is 11.7 Å². The van der Waals surface area contributed by atoms with Gasteiger partial charge in [-0.05, 0) is 32.0 Å². The zero-order valence-corrected chi connectivity index (χ0v) is 4.48. The van der Waals surface area contributed by atoms with Crippen LogP contribution < -0.4 is 11.1 Å². The smallest absolute Gasteiger partial charge is 0 e. The predicted octanol–water partition coefficient (Wildman–Crippen LogP) is -0.199. The molecule has 0 saturated carbocycles. The molecule has 0 radical (unpaired) electrons. The van der Waals surface area contributed by atoms with Crippen molar-refractivity contribution in [3.8, 4) is 0 Å². The highest BCUT2D eigenvalue weighted by Gasteiger charge is 2.10. The number of rotatable bonds is 1. The summed E-state index contributed by atoms with van der Waals surface area (Å²) in [5.74, 6) is 0.764. The monoisotopic (exact) mass is 102 g/mol. The number of hydrogen-bond acceptors (Lipinski definition) is 2. The van der Waals surface area contributed by atoms with Gasteiger partial charge in [0.05, 0.1) is 0 Å². The summed E-state index contributed by atoms with van der Waals surface area (Å²) in [5.41, 5.74) is 5.39. The van der Waals surface area contributed by atoms with Crippen LogP contribution >= 0.6 is 0 Å². The molecule has 1 aliphatic rings. The standard InChI is InChI=1S/C5H12N2.H2/c6-3-5-1-2-7-4-5;/h5,7H,1-4,6H2;1H/t5-;/m1./s1. The summed E-state index contributed by atoms with van der Waals surface area (Å²) in [7, 11) is 0. The predicted molar refractivity (Wildman–Crippen MR) is 32.1 cm³/mol. The van der Waals surface area contributed by atoms with Crippen LogP contribution in [-0.2, 0) is 0 Å². The van der Waals surface area contributed by atoms with E-state index in [1.54, 1.807) is 0 Å². The molecule has 1 fully saturated rings. The van der Waals surface area contributed by atoms with Crippen molar-refractivity contribution in [3.05, 3.63) is 0 Å². The van der Waals surface area contributed by atoms with Gasteiger partial charge in [-0.25, -0.2) is 0 Å². The Labute approximate surface area is 45.6 Å². The fourth-order valence-corrected chi connectivity index (χ4v) is 0.916. The molecular weight excluding hydrogens is 88.1 g/mol. The van der Waals surface area contributed by atoms with E-state index in [2.05, 4.69) is 5.32 Å². The van der Waals surface area contributed by atoms with Gasteiger partial charge in [0, 0.05) is 1.43 Å². The summed E-state index contributed by atoms with van der Waals surface area (Å²) in [5, 5.41) is 3.24. The second kappa shape index (κ2) is 2.28. The molecule has 0 aromatic rings. The van der Waals surface area contributed by atoms with E-state index in [1.165, 1.54) is 13.0 Å². The fraction of sp³-hybridized carbons (Fsp3) is 1.00. The largest absolute Gasteiger partial charge is 0.330 e. The highest BCUT2D eigenvalue weighted by atomic mass is 14.9. The second-order valence-electron chi connectivity index (χ2n) is 2.09. The van der Waals surface area contributed by atoms with Crippen molar-refractivity contribution in [2.45, 2.75) is 6.42 Å². The Balaban J connectivity index is 0.000000490. The number of hydrogen-bond donors (Lipinski definition) is 2. The van der Waals surface area contributed by atoms with Gasteiger partial charge in [0.15, 0.2) is 0 Å². The van der Waals surface area contributed by atoms with Gasteiger partial charge in [-0.15, -0.1) is 0 Å². The van der Waals surface area contributed by atoms with Crippen LogP contribution in [0.1, 0.15) is 7.85 Å². The summed E-state index contributed by atoms with van der Waals surface area (Å²) in [4.78, 5) is 0. The van der Waals surface area contributed by atoms with E-state index in [0.29, 0.717) is 0 Å². The van der Waals surface area contributed by atoms with Gasteiger partial charge in [-0.2, -0.15) is 0 Å². The van der Waals surface area contributed by atoms with Crippen LogP contribution in [0.2, 0.25) is 0 Å². The third kappa shape index (κ3) is 1.14. The van der Waals surface area contributed by atoms with Crippen LogP contribution in [0, 0.1) is 5.92 Å². The molecule has 2 nitrogen and oxygen atoms in total. The normalized spacial score (nSPS) is 31.3. The van der Waals surface area contributed by atoms with Crippen molar-refractivity contribution >= 4 is 0 Å². The maximum absolute atomic E-state index is 5.39. The van der Waals surface area contributed by atoms with Crippen LogP contribution in [0.3, 0.4) is 0 Å². The summed E-state index contributed by atoms with van der Waals surface area (Å²) in [6.45, 7) is 3.16. The third-order valence-corrected chi connectivity index (χ3v) is 1.50. The van der Waals surface area contributed by atoms with E-state index < -0.39 is 0 Å². The molecule has 1 aliphatic heterocycles. The molecule has 0 bridgehead atoms. The van der Waals surface area contributed by atoms with Crippen LogP contribution in [-0.4, -0.2) is 19.6 Å². The van der Waals surface area contributed by atoms with E-state index in [0.717, 1.165) is 19.0 Å². The van der Waals surface area contributed by atoms with E-state index in [4.69, 9.17) is 5.73 Å². The average Bonchev–Trinajstić information content (AvgIpc) is 2.14. The van der Waals surface area contributed by atoms with Gasteiger partial charge in [0.2, 0.25) is 0 Å². The molecule has 1 atom stereocenters. The Bertz CT molecular complexity index is 52.4. The van der Waals surface area contributed by atoms with E-state index >= 15 is 0 Å². The van der Waals surface area contributed by atoms with Gasteiger partial charge >= 0.3 is 0 Å². The van der Waals surface area contributed by atoms with Gasteiger partial charge in [-0.1, -0.05) is 0 Å². The van der Waals surface area contributed by atoms with Crippen molar-refractivity contribution in [2.75, 3.05) is 19.6 Å². The Morgan fingerprint density at radius 3 is 3.00 bits per heavy atom. The summed E-state index contributed by atoms with van der Waals surface area (Å²) in [6.07, 6.45) is 1.27. The molecule has 1 rings (SSSR count). The molecule has 3 N–H and O–H groups in total. The maximum atomic E-state index is 5.39. The lowest BCUT2D eigenvalue weighted by Gasteiger charge is -1.98. The molecule has 2 heteroatoms. The minimum atomic E-state index is 0. The van der Waals surface area contributed by atoms with E-state index in [-0.39, 0.29) is 1.43 Å². The van der Waals surface area contributed by atoms with E-state index in [9.17, 15) is 0 Å². The molecule has 0 aliphatic carbocycles. The van der Waals surface area contributed by atoms with Crippen LogP contribution in [0.15, 0.2) is 0 Å². The molecule has 0 aromatic heterocycles. The topological polar surface area (TPSA) is 38.0 Å². The van der Waals surface area contributed by atoms with Crippen molar-refractivity contribution in [1.29, 1.82) is 0 Å². The first-order valence-corrected chi connectivity index (χ1v) is 2.84. The lowest BCUT2D eigenvalue weighted by Crippen LogP contribution is -2.16.